The summed E-state index contributed by atoms with van der Waals surface area (Å²) in [5.74, 6) is -0.381. The number of nitrogens with zero attached hydrogens (tertiary/aromatic N) is 1. The van der Waals surface area contributed by atoms with Gasteiger partial charge in [0.1, 0.15) is 12.1 Å². The second kappa shape index (κ2) is 9.08. The standard InChI is InChI=1S/C19H26ClN3O4/c1-19(2,3)27-18(26)21-12-16(24)22-13-8-10-23(11-9-13)17(25)14-6-4-5-7-15(14)20/h4-7,13H,8-12H2,1-3H3,(H,21,26)(H,22,24). The summed E-state index contributed by atoms with van der Waals surface area (Å²) < 4.78 is 5.09. The Morgan fingerprint density at radius 1 is 1.19 bits per heavy atom. The maximum absolute atomic E-state index is 12.5. The first-order valence-electron chi connectivity index (χ1n) is 8.96. The van der Waals surface area contributed by atoms with Crippen LogP contribution in [0.4, 0.5) is 4.79 Å². The predicted molar refractivity (Wildman–Crippen MR) is 103 cm³/mol. The van der Waals surface area contributed by atoms with Crippen molar-refractivity contribution in [3.05, 3.63) is 34.9 Å². The van der Waals surface area contributed by atoms with E-state index in [1.165, 1.54) is 0 Å². The van der Waals surface area contributed by atoms with Gasteiger partial charge in [0, 0.05) is 19.1 Å². The van der Waals surface area contributed by atoms with E-state index in [4.69, 9.17) is 16.3 Å². The highest BCUT2D eigenvalue weighted by Crippen LogP contribution is 2.20. The normalized spacial score (nSPS) is 15.2. The smallest absolute Gasteiger partial charge is 0.408 e. The number of halogens is 1. The first-order valence-corrected chi connectivity index (χ1v) is 9.33. The molecule has 1 aromatic carbocycles. The van der Waals surface area contributed by atoms with Gasteiger partial charge in [-0.2, -0.15) is 0 Å². The molecule has 2 N–H and O–H groups in total. The minimum atomic E-state index is -0.627. The molecule has 0 unspecified atom stereocenters. The summed E-state index contributed by atoms with van der Waals surface area (Å²) in [6, 6.07) is 6.93. The van der Waals surface area contributed by atoms with Gasteiger partial charge < -0.3 is 20.3 Å². The number of hydrogen-bond donors (Lipinski definition) is 2. The number of piperidine rings is 1. The van der Waals surface area contributed by atoms with Crippen molar-refractivity contribution in [2.45, 2.75) is 45.3 Å². The minimum absolute atomic E-state index is 0.0340. The number of likely N-dealkylation sites (tertiary alicyclic amines) is 1. The first kappa shape index (κ1) is 21.0. The van der Waals surface area contributed by atoms with Gasteiger partial charge in [-0.1, -0.05) is 23.7 Å². The molecule has 1 fully saturated rings. The highest BCUT2D eigenvalue weighted by molar-refractivity contribution is 6.33. The molecule has 1 aliphatic heterocycles. The van der Waals surface area contributed by atoms with Crippen molar-refractivity contribution in [3.63, 3.8) is 0 Å². The predicted octanol–water partition coefficient (Wildman–Crippen LogP) is 2.59. The molecule has 0 saturated carbocycles. The Morgan fingerprint density at radius 3 is 2.41 bits per heavy atom. The number of carbonyl (C=O) groups excluding carboxylic acids is 3. The molecule has 0 radical (unpaired) electrons. The molecule has 148 valence electrons. The second-order valence-corrected chi connectivity index (χ2v) is 7.88. The number of ether oxygens (including phenoxy) is 1. The molecule has 3 amide bonds. The third-order valence-corrected chi connectivity index (χ3v) is 4.37. The lowest BCUT2D eigenvalue weighted by atomic mass is 10.0. The highest BCUT2D eigenvalue weighted by Gasteiger charge is 2.25. The second-order valence-electron chi connectivity index (χ2n) is 7.47. The van der Waals surface area contributed by atoms with Crippen LogP contribution in [0.2, 0.25) is 5.02 Å². The summed E-state index contributed by atoms with van der Waals surface area (Å²) >= 11 is 6.09. The molecule has 7 nitrogen and oxygen atoms in total. The molecule has 0 atom stereocenters. The van der Waals surface area contributed by atoms with Gasteiger partial charge in [-0.25, -0.2) is 4.79 Å². The van der Waals surface area contributed by atoms with Gasteiger partial charge in [-0.3, -0.25) is 9.59 Å². The molecule has 1 heterocycles. The maximum Gasteiger partial charge on any atom is 0.408 e. The molecular weight excluding hydrogens is 370 g/mol. The summed E-state index contributed by atoms with van der Waals surface area (Å²) in [6.07, 6.45) is 0.667. The Balaban J connectivity index is 1.74. The Kier molecular flexibility index (Phi) is 7.07. The summed E-state index contributed by atoms with van der Waals surface area (Å²) in [5.41, 5.74) is -0.120. The summed E-state index contributed by atoms with van der Waals surface area (Å²) in [5, 5.41) is 5.74. The van der Waals surface area contributed by atoms with Crippen LogP contribution >= 0.6 is 11.6 Å². The van der Waals surface area contributed by atoms with Crippen molar-refractivity contribution in [3.8, 4) is 0 Å². The van der Waals surface area contributed by atoms with Crippen molar-refractivity contribution in [2.24, 2.45) is 0 Å². The Hall–Kier alpha value is -2.28. The van der Waals surface area contributed by atoms with Gasteiger partial charge >= 0.3 is 6.09 Å². The van der Waals surface area contributed by atoms with E-state index in [-0.39, 0.29) is 24.4 Å². The number of amides is 3. The van der Waals surface area contributed by atoms with Crippen LogP contribution in [0, 0.1) is 0 Å². The van der Waals surface area contributed by atoms with Gasteiger partial charge in [0.25, 0.3) is 5.91 Å². The van der Waals surface area contributed by atoms with Crippen molar-refractivity contribution in [2.75, 3.05) is 19.6 Å². The van der Waals surface area contributed by atoms with Gasteiger partial charge in [0.2, 0.25) is 5.91 Å². The molecule has 27 heavy (non-hydrogen) atoms. The maximum atomic E-state index is 12.5. The lowest BCUT2D eigenvalue weighted by Crippen LogP contribution is -2.49. The Morgan fingerprint density at radius 2 is 1.81 bits per heavy atom. The third-order valence-electron chi connectivity index (χ3n) is 4.04. The van der Waals surface area contributed by atoms with Crippen molar-refractivity contribution >= 4 is 29.5 Å². The van der Waals surface area contributed by atoms with Crippen LogP contribution in [-0.2, 0) is 9.53 Å². The highest BCUT2D eigenvalue weighted by atomic mass is 35.5. The molecule has 1 aromatic rings. The number of carbonyl (C=O) groups is 3. The molecule has 1 aliphatic rings. The fourth-order valence-electron chi connectivity index (χ4n) is 2.78. The van der Waals surface area contributed by atoms with Gasteiger partial charge in [0.15, 0.2) is 0 Å². The monoisotopic (exact) mass is 395 g/mol. The lowest BCUT2D eigenvalue weighted by Gasteiger charge is -2.32. The van der Waals surface area contributed by atoms with Crippen molar-refractivity contribution < 1.29 is 19.1 Å². The zero-order valence-corrected chi connectivity index (χ0v) is 16.6. The number of hydrogen-bond acceptors (Lipinski definition) is 4. The zero-order chi connectivity index (χ0) is 20.0. The van der Waals surface area contributed by atoms with Crippen LogP contribution in [0.5, 0.6) is 0 Å². The lowest BCUT2D eigenvalue weighted by molar-refractivity contribution is -0.121. The van der Waals surface area contributed by atoms with Crippen molar-refractivity contribution in [1.29, 1.82) is 0 Å². The zero-order valence-electron chi connectivity index (χ0n) is 15.9. The minimum Gasteiger partial charge on any atom is -0.444 e. The topological polar surface area (TPSA) is 87.7 Å². The van der Waals surface area contributed by atoms with Crippen LogP contribution in [0.15, 0.2) is 24.3 Å². The molecule has 8 heteroatoms. The van der Waals surface area contributed by atoms with E-state index in [0.29, 0.717) is 36.5 Å². The molecule has 1 saturated heterocycles. The SMILES string of the molecule is CC(C)(C)OC(=O)NCC(=O)NC1CCN(C(=O)c2ccccc2Cl)CC1. The number of rotatable bonds is 4. The van der Waals surface area contributed by atoms with Gasteiger partial charge in [-0.15, -0.1) is 0 Å². The van der Waals surface area contributed by atoms with E-state index in [2.05, 4.69) is 10.6 Å². The van der Waals surface area contributed by atoms with E-state index in [1.54, 1.807) is 49.9 Å². The molecule has 0 aliphatic carbocycles. The van der Waals surface area contributed by atoms with Crippen LogP contribution in [-0.4, -0.2) is 54.1 Å². The van der Waals surface area contributed by atoms with Crippen LogP contribution in [0.25, 0.3) is 0 Å². The summed E-state index contributed by atoms with van der Waals surface area (Å²) in [4.78, 5) is 37.8. The quantitative estimate of drug-likeness (QED) is 0.820. The van der Waals surface area contributed by atoms with E-state index < -0.39 is 11.7 Å². The average molecular weight is 396 g/mol. The molecule has 0 aromatic heterocycles. The van der Waals surface area contributed by atoms with Crippen LogP contribution in [0.1, 0.15) is 44.0 Å². The number of alkyl carbamates (subject to hydrolysis) is 1. The first-order chi connectivity index (χ1) is 12.7. The summed E-state index contributed by atoms with van der Waals surface area (Å²) in [7, 11) is 0. The fourth-order valence-corrected chi connectivity index (χ4v) is 2.99. The summed E-state index contributed by atoms with van der Waals surface area (Å²) in [6.45, 7) is 6.19. The fraction of sp³-hybridized carbons (Fsp3) is 0.526. The van der Waals surface area contributed by atoms with E-state index >= 15 is 0 Å². The third kappa shape index (κ3) is 6.75. The van der Waals surface area contributed by atoms with E-state index in [9.17, 15) is 14.4 Å². The van der Waals surface area contributed by atoms with E-state index in [1.807, 2.05) is 0 Å². The average Bonchev–Trinajstić information content (AvgIpc) is 2.59. The molecule has 0 spiro atoms. The largest absolute Gasteiger partial charge is 0.444 e. The van der Waals surface area contributed by atoms with E-state index in [0.717, 1.165) is 0 Å². The number of nitrogens with one attached hydrogen (secondary N) is 2. The van der Waals surface area contributed by atoms with Gasteiger partial charge in [-0.05, 0) is 45.7 Å². The number of benzene rings is 1. The van der Waals surface area contributed by atoms with Crippen LogP contribution < -0.4 is 10.6 Å². The van der Waals surface area contributed by atoms with Crippen molar-refractivity contribution in [1.82, 2.24) is 15.5 Å². The molecule has 0 bridgehead atoms. The van der Waals surface area contributed by atoms with Gasteiger partial charge in [0.05, 0.1) is 10.6 Å². The molecule has 2 rings (SSSR count). The Labute approximate surface area is 164 Å². The Bertz CT molecular complexity index is 694. The van der Waals surface area contributed by atoms with Crippen LogP contribution in [0.3, 0.4) is 0 Å². The molecular formula is C19H26ClN3O4.